The second-order valence-electron chi connectivity index (χ2n) is 4.80. The van der Waals surface area contributed by atoms with Crippen molar-refractivity contribution in [3.63, 3.8) is 0 Å². The predicted molar refractivity (Wildman–Crippen MR) is 55.6 cm³/mol. The largest absolute Gasteiger partial charge is 0.330 e. The maximum atomic E-state index is 5.68. The highest BCUT2D eigenvalue weighted by Crippen LogP contribution is 2.27. The number of hydrogen-bond acceptors (Lipinski definition) is 2. The molecule has 76 valence electrons. The van der Waals surface area contributed by atoms with E-state index in [4.69, 9.17) is 5.73 Å². The minimum atomic E-state index is 0.793. The Kier molecular flexibility index (Phi) is 3.23. The van der Waals surface area contributed by atoms with Crippen molar-refractivity contribution in [3.8, 4) is 0 Å². The molecule has 0 spiro atoms. The maximum absolute atomic E-state index is 5.68. The Balaban J connectivity index is 1.70. The fourth-order valence-electron chi connectivity index (χ4n) is 2.83. The van der Waals surface area contributed by atoms with Crippen LogP contribution in [-0.4, -0.2) is 31.1 Å². The highest BCUT2D eigenvalue weighted by atomic mass is 15.1. The summed E-state index contributed by atoms with van der Waals surface area (Å²) in [6.07, 6.45) is 7.23. The van der Waals surface area contributed by atoms with Crippen LogP contribution in [0.4, 0.5) is 0 Å². The number of rotatable bonds is 3. The molecule has 0 radical (unpaired) electrons. The fraction of sp³-hybridized carbons (Fsp3) is 1.00. The standard InChI is InChI=1S/C11H22N2/c12-7-11-5-6-13(9-11)8-10-3-1-2-4-10/h10-11H,1-9,12H2. The van der Waals surface area contributed by atoms with Gasteiger partial charge in [-0.25, -0.2) is 0 Å². The van der Waals surface area contributed by atoms with Crippen molar-refractivity contribution in [1.82, 2.24) is 4.90 Å². The van der Waals surface area contributed by atoms with Gasteiger partial charge in [-0.05, 0) is 44.2 Å². The lowest BCUT2D eigenvalue weighted by Gasteiger charge is -2.19. The quantitative estimate of drug-likeness (QED) is 0.716. The molecular formula is C11H22N2. The Morgan fingerprint density at radius 3 is 2.46 bits per heavy atom. The van der Waals surface area contributed by atoms with Crippen LogP contribution in [0.15, 0.2) is 0 Å². The van der Waals surface area contributed by atoms with Gasteiger partial charge in [0.25, 0.3) is 0 Å². The topological polar surface area (TPSA) is 29.3 Å². The maximum Gasteiger partial charge on any atom is 0.00223 e. The van der Waals surface area contributed by atoms with Crippen LogP contribution in [0.5, 0.6) is 0 Å². The van der Waals surface area contributed by atoms with Crippen molar-refractivity contribution >= 4 is 0 Å². The van der Waals surface area contributed by atoms with Crippen molar-refractivity contribution in [2.75, 3.05) is 26.2 Å². The third-order valence-corrected chi connectivity index (χ3v) is 3.69. The van der Waals surface area contributed by atoms with Crippen LogP contribution >= 0.6 is 0 Å². The lowest BCUT2D eigenvalue weighted by atomic mass is 10.1. The summed E-state index contributed by atoms with van der Waals surface area (Å²) in [6.45, 7) is 4.82. The van der Waals surface area contributed by atoms with E-state index in [1.807, 2.05) is 0 Å². The molecule has 1 aliphatic carbocycles. The molecule has 2 nitrogen and oxygen atoms in total. The summed E-state index contributed by atoms with van der Waals surface area (Å²) in [6, 6.07) is 0. The van der Waals surface area contributed by atoms with Crippen LogP contribution < -0.4 is 5.73 Å². The summed E-state index contributed by atoms with van der Waals surface area (Å²) < 4.78 is 0. The number of nitrogens with zero attached hydrogens (tertiary/aromatic N) is 1. The van der Waals surface area contributed by atoms with E-state index in [9.17, 15) is 0 Å². The molecule has 1 saturated heterocycles. The smallest absolute Gasteiger partial charge is 0.00223 e. The van der Waals surface area contributed by atoms with Gasteiger partial charge in [-0.1, -0.05) is 12.8 Å². The van der Waals surface area contributed by atoms with Crippen molar-refractivity contribution in [1.29, 1.82) is 0 Å². The van der Waals surface area contributed by atoms with E-state index in [1.165, 1.54) is 51.7 Å². The molecule has 0 aromatic heterocycles. The van der Waals surface area contributed by atoms with Crippen molar-refractivity contribution in [2.24, 2.45) is 17.6 Å². The van der Waals surface area contributed by atoms with Crippen LogP contribution in [0.1, 0.15) is 32.1 Å². The molecule has 0 aromatic carbocycles. The van der Waals surface area contributed by atoms with Crippen molar-refractivity contribution in [3.05, 3.63) is 0 Å². The van der Waals surface area contributed by atoms with Gasteiger partial charge in [0, 0.05) is 13.1 Å². The summed E-state index contributed by atoms with van der Waals surface area (Å²) in [7, 11) is 0. The van der Waals surface area contributed by atoms with Gasteiger partial charge in [0.05, 0.1) is 0 Å². The molecule has 1 heterocycles. The zero-order valence-electron chi connectivity index (χ0n) is 8.54. The van der Waals surface area contributed by atoms with Gasteiger partial charge in [0.2, 0.25) is 0 Å². The van der Waals surface area contributed by atoms with Crippen LogP contribution in [0.2, 0.25) is 0 Å². The van der Waals surface area contributed by atoms with E-state index in [1.54, 1.807) is 0 Å². The van der Waals surface area contributed by atoms with E-state index < -0.39 is 0 Å². The van der Waals surface area contributed by atoms with Gasteiger partial charge in [0.1, 0.15) is 0 Å². The van der Waals surface area contributed by atoms with Gasteiger partial charge >= 0.3 is 0 Å². The average molecular weight is 182 g/mol. The third-order valence-electron chi connectivity index (χ3n) is 3.69. The van der Waals surface area contributed by atoms with Gasteiger partial charge < -0.3 is 10.6 Å². The SMILES string of the molecule is NCC1CCN(CC2CCCC2)C1. The highest BCUT2D eigenvalue weighted by molar-refractivity contribution is 4.79. The Morgan fingerprint density at radius 2 is 1.85 bits per heavy atom. The van der Waals surface area contributed by atoms with Crippen molar-refractivity contribution < 1.29 is 0 Å². The second kappa shape index (κ2) is 4.43. The molecule has 2 heteroatoms. The lowest BCUT2D eigenvalue weighted by molar-refractivity contribution is 0.271. The van der Waals surface area contributed by atoms with E-state index in [0.29, 0.717) is 0 Å². The van der Waals surface area contributed by atoms with E-state index in [2.05, 4.69) is 4.90 Å². The first-order chi connectivity index (χ1) is 6.38. The Bertz CT molecular complexity index is 152. The van der Waals surface area contributed by atoms with Crippen molar-refractivity contribution in [2.45, 2.75) is 32.1 Å². The van der Waals surface area contributed by atoms with Gasteiger partial charge in [-0.15, -0.1) is 0 Å². The zero-order valence-corrected chi connectivity index (χ0v) is 8.54. The molecule has 0 aromatic rings. The van der Waals surface area contributed by atoms with Crippen LogP contribution in [0, 0.1) is 11.8 Å². The first kappa shape index (κ1) is 9.47. The molecule has 1 unspecified atom stereocenters. The number of likely N-dealkylation sites (tertiary alicyclic amines) is 1. The fourth-order valence-corrected chi connectivity index (χ4v) is 2.83. The molecule has 1 atom stereocenters. The number of nitrogens with two attached hydrogens (primary N) is 1. The molecule has 1 saturated carbocycles. The Hall–Kier alpha value is -0.0800. The molecule has 0 bridgehead atoms. The number of hydrogen-bond donors (Lipinski definition) is 1. The Labute approximate surface area is 81.5 Å². The molecule has 2 N–H and O–H groups in total. The van der Waals surface area contributed by atoms with Crippen LogP contribution in [0.25, 0.3) is 0 Å². The summed E-state index contributed by atoms with van der Waals surface area (Å²) in [5.74, 6) is 1.80. The molecule has 2 fully saturated rings. The molecule has 0 amide bonds. The normalized spacial score (nSPS) is 31.6. The van der Waals surface area contributed by atoms with Crippen LogP contribution in [0.3, 0.4) is 0 Å². The lowest BCUT2D eigenvalue weighted by Crippen LogP contribution is -2.27. The summed E-state index contributed by atoms with van der Waals surface area (Å²) in [4.78, 5) is 2.63. The van der Waals surface area contributed by atoms with Gasteiger partial charge in [-0.3, -0.25) is 0 Å². The minimum absolute atomic E-state index is 0.793. The monoisotopic (exact) mass is 182 g/mol. The first-order valence-corrected chi connectivity index (χ1v) is 5.81. The molecule has 2 aliphatic rings. The van der Waals surface area contributed by atoms with Crippen LogP contribution in [-0.2, 0) is 0 Å². The van der Waals surface area contributed by atoms with Gasteiger partial charge in [0.15, 0.2) is 0 Å². The second-order valence-corrected chi connectivity index (χ2v) is 4.80. The summed E-state index contributed by atoms with van der Waals surface area (Å²) >= 11 is 0. The zero-order chi connectivity index (χ0) is 9.10. The Morgan fingerprint density at radius 1 is 1.08 bits per heavy atom. The molecule has 13 heavy (non-hydrogen) atoms. The molecule has 2 rings (SSSR count). The molecular weight excluding hydrogens is 160 g/mol. The summed E-state index contributed by atoms with van der Waals surface area (Å²) in [5, 5.41) is 0. The summed E-state index contributed by atoms with van der Waals surface area (Å²) in [5.41, 5.74) is 5.68. The molecule has 1 aliphatic heterocycles. The predicted octanol–water partition coefficient (Wildman–Crippen LogP) is 1.46. The van der Waals surface area contributed by atoms with E-state index in [-0.39, 0.29) is 0 Å². The van der Waals surface area contributed by atoms with E-state index in [0.717, 1.165) is 18.4 Å². The average Bonchev–Trinajstić information content (AvgIpc) is 2.76. The highest BCUT2D eigenvalue weighted by Gasteiger charge is 2.24. The first-order valence-electron chi connectivity index (χ1n) is 5.81. The van der Waals surface area contributed by atoms with Gasteiger partial charge in [-0.2, -0.15) is 0 Å². The minimum Gasteiger partial charge on any atom is -0.330 e. The third kappa shape index (κ3) is 2.44. The van der Waals surface area contributed by atoms with E-state index >= 15 is 0 Å².